The summed E-state index contributed by atoms with van der Waals surface area (Å²) >= 11 is 0. The number of fused-ring (bicyclic) bond motifs is 1. The molecular formula is C19H13F3O6S. The van der Waals surface area contributed by atoms with Crippen molar-refractivity contribution in [3.05, 3.63) is 66.2 Å². The first kappa shape index (κ1) is 20.5. The second kappa shape index (κ2) is 7.63. The van der Waals surface area contributed by atoms with Gasteiger partial charge in [0, 0.05) is 10.8 Å². The summed E-state index contributed by atoms with van der Waals surface area (Å²) in [5, 5.41) is 0.158. The zero-order valence-electron chi connectivity index (χ0n) is 14.8. The van der Waals surface area contributed by atoms with Gasteiger partial charge >= 0.3 is 21.6 Å². The van der Waals surface area contributed by atoms with E-state index in [9.17, 15) is 26.4 Å². The van der Waals surface area contributed by atoms with Gasteiger partial charge in [0.25, 0.3) is 0 Å². The van der Waals surface area contributed by atoms with Crippen molar-refractivity contribution < 1.29 is 40.0 Å². The quantitative estimate of drug-likeness (QED) is 0.336. The van der Waals surface area contributed by atoms with Crippen molar-refractivity contribution in [2.24, 2.45) is 0 Å². The highest BCUT2D eigenvalue weighted by molar-refractivity contribution is 7.88. The largest absolute Gasteiger partial charge is 0.534 e. The third-order valence-electron chi connectivity index (χ3n) is 3.79. The lowest BCUT2D eigenvalue weighted by atomic mass is 10.0. The molecule has 0 aliphatic heterocycles. The van der Waals surface area contributed by atoms with E-state index in [1.54, 1.807) is 30.3 Å². The molecule has 3 rings (SSSR count). The van der Waals surface area contributed by atoms with Gasteiger partial charge in [0.1, 0.15) is 11.5 Å². The van der Waals surface area contributed by atoms with Crippen LogP contribution in [-0.4, -0.2) is 27.0 Å². The van der Waals surface area contributed by atoms with Gasteiger partial charge in [-0.3, -0.25) is 0 Å². The molecule has 0 saturated carbocycles. The first-order valence-electron chi connectivity index (χ1n) is 8.01. The molecule has 0 saturated heterocycles. The van der Waals surface area contributed by atoms with E-state index in [1.807, 2.05) is 0 Å². The number of halogens is 3. The number of para-hydroxylation sites is 1. The van der Waals surface area contributed by atoms with Crippen LogP contribution in [0.1, 0.15) is 10.4 Å². The second-order valence-electron chi connectivity index (χ2n) is 5.72. The van der Waals surface area contributed by atoms with Crippen molar-refractivity contribution in [1.82, 2.24) is 0 Å². The summed E-state index contributed by atoms with van der Waals surface area (Å²) in [4.78, 5) is 12.0. The molecular weight excluding hydrogens is 413 g/mol. The molecule has 0 heterocycles. The number of rotatable bonds is 5. The number of methoxy groups -OCH3 is 1. The van der Waals surface area contributed by atoms with Crippen molar-refractivity contribution in [3.63, 3.8) is 0 Å². The minimum atomic E-state index is -5.96. The van der Waals surface area contributed by atoms with Crippen molar-refractivity contribution in [1.29, 1.82) is 0 Å². The van der Waals surface area contributed by atoms with E-state index in [0.717, 1.165) is 13.2 Å². The van der Waals surface area contributed by atoms with Crippen LogP contribution in [0.3, 0.4) is 0 Å². The number of hydrogen-bond acceptors (Lipinski definition) is 6. The van der Waals surface area contributed by atoms with Crippen LogP contribution in [0.25, 0.3) is 10.8 Å². The summed E-state index contributed by atoms with van der Waals surface area (Å²) < 4.78 is 76.0. The number of alkyl halides is 3. The Kier molecular flexibility index (Phi) is 5.38. The fraction of sp³-hybridized carbons (Fsp3) is 0.105. The first-order chi connectivity index (χ1) is 13.6. The highest BCUT2D eigenvalue weighted by Gasteiger charge is 2.48. The van der Waals surface area contributed by atoms with Gasteiger partial charge in [-0.25, -0.2) is 4.79 Å². The molecule has 0 bridgehead atoms. The molecule has 0 radical (unpaired) electrons. The molecule has 3 aromatic carbocycles. The monoisotopic (exact) mass is 426 g/mol. The van der Waals surface area contributed by atoms with E-state index in [-0.39, 0.29) is 22.1 Å². The van der Waals surface area contributed by atoms with Gasteiger partial charge in [0.15, 0.2) is 5.75 Å². The van der Waals surface area contributed by atoms with Crippen LogP contribution >= 0.6 is 0 Å². The SMILES string of the molecule is COC(=O)c1cc(OS(=O)(=O)C(F)(F)F)c2cccc(Oc3ccccc3)c2c1. The average molecular weight is 426 g/mol. The predicted octanol–water partition coefficient (Wildman–Crippen LogP) is 4.65. The zero-order chi connectivity index (χ0) is 21.2. The maximum absolute atomic E-state index is 12.8. The van der Waals surface area contributed by atoms with Gasteiger partial charge in [-0.1, -0.05) is 30.3 Å². The molecule has 0 unspecified atom stereocenters. The van der Waals surface area contributed by atoms with Gasteiger partial charge in [-0.05, 0) is 30.3 Å². The molecule has 10 heteroatoms. The van der Waals surface area contributed by atoms with Crippen LogP contribution in [0.4, 0.5) is 13.2 Å². The van der Waals surface area contributed by atoms with E-state index in [0.29, 0.717) is 5.75 Å². The van der Waals surface area contributed by atoms with Gasteiger partial charge in [-0.2, -0.15) is 21.6 Å². The lowest BCUT2D eigenvalue weighted by molar-refractivity contribution is -0.0499. The van der Waals surface area contributed by atoms with Gasteiger partial charge in [0.05, 0.1) is 12.7 Å². The average Bonchev–Trinajstić information content (AvgIpc) is 2.67. The maximum Gasteiger partial charge on any atom is 0.534 e. The Morgan fingerprint density at radius 1 is 0.897 bits per heavy atom. The highest BCUT2D eigenvalue weighted by Crippen LogP contribution is 2.38. The number of ether oxygens (including phenoxy) is 2. The van der Waals surface area contributed by atoms with Gasteiger partial charge in [0.2, 0.25) is 0 Å². The summed E-state index contributed by atoms with van der Waals surface area (Å²) in [5.41, 5.74) is -5.85. The van der Waals surface area contributed by atoms with Crippen LogP contribution in [0, 0.1) is 0 Å². The standard InChI is InChI=1S/C19H13F3O6S/c1-26-18(23)12-10-15-14(17(11-12)28-29(24,25)19(20,21)22)8-5-9-16(15)27-13-6-3-2-4-7-13/h2-11H,1H3. The van der Waals surface area contributed by atoms with Crippen molar-refractivity contribution in [3.8, 4) is 17.2 Å². The van der Waals surface area contributed by atoms with E-state index in [2.05, 4.69) is 8.92 Å². The highest BCUT2D eigenvalue weighted by atomic mass is 32.2. The van der Waals surface area contributed by atoms with Gasteiger partial charge < -0.3 is 13.7 Å². The fourth-order valence-electron chi connectivity index (χ4n) is 2.50. The Bertz CT molecular complexity index is 1160. The number of esters is 1. The molecule has 0 N–H and O–H groups in total. The molecule has 152 valence electrons. The summed E-state index contributed by atoms with van der Waals surface area (Å²) in [7, 11) is -4.88. The second-order valence-corrected chi connectivity index (χ2v) is 7.25. The Labute approximate surface area is 163 Å². The third-order valence-corrected chi connectivity index (χ3v) is 4.76. The van der Waals surface area contributed by atoms with Crippen molar-refractivity contribution in [2.45, 2.75) is 5.51 Å². The molecule has 3 aromatic rings. The van der Waals surface area contributed by atoms with E-state index >= 15 is 0 Å². The fourth-order valence-corrected chi connectivity index (χ4v) is 2.97. The number of benzene rings is 3. The van der Waals surface area contributed by atoms with Crippen molar-refractivity contribution >= 4 is 26.9 Å². The number of carbonyl (C=O) groups excluding carboxylic acids is 1. The van der Waals surface area contributed by atoms with Crippen molar-refractivity contribution in [2.75, 3.05) is 7.11 Å². The molecule has 0 fully saturated rings. The first-order valence-corrected chi connectivity index (χ1v) is 9.42. The zero-order valence-corrected chi connectivity index (χ0v) is 15.6. The van der Waals surface area contributed by atoms with Crippen LogP contribution < -0.4 is 8.92 Å². The van der Waals surface area contributed by atoms with Gasteiger partial charge in [-0.15, -0.1) is 0 Å². The molecule has 0 amide bonds. The maximum atomic E-state index is 12.8. The summed E-state index contributed by atoms with van der Waals surface area (Å²) in [5.74, 6) is -0.975. The lowest BCUT2D eigenvalue weighted by Crippen LogP contribution is -2.28. The molecule has 0 aliphatic rings. The normalized spacial score (nSPS) is 11.9. The van der Waals surface area contributed by atoms with E-state index in [4.69, 9.17) is 4.74 Å². The minimum Gasteiger partial charge on any atom is -0.465 e. The Morgan fingerprint density at radius 2 is 1.59 bits per heavy atom. The lowest BCUT2D eigenvalue weighted by Gasteiger charge is -2.15. The van der Waals surface area contributed by atoms with Crippen LogP contribution in [0.2, 0.25) is 0 Å². The third kappa shape index (κ3) is 4.27. The molecule has 6 nitrogen and oxygen atoms in total. The van der Waals surface area contributed by atoms with E-state index in [1.165, 1.54) is 24.3 Å². The number of carbonyl (C=O) groups is 1. The Balaban J connectivity index is 2.20. The molecule has 0 spiro atoms. The predicted molar refractivity (Wildman–Crippen MR) is 97.4 cm³/mol. The summed E-state index contributed by atoms with van der Waals surface area (Å²) in [6.07, 6.45) is 0. The minimum absolute atomic E-state index is 0.00101. The molecule has 29 heavy (non-hydrogen) atoms. The summed E-state index contributed by atoms with van der Waals surface area (Å²) in [6, 6.07) is 15.0. The van der Waals surface area contributed by atoms with Crippen LogP contribution in [0.5, 0.6) is 17.2 Å². The Morgan fingerprint density at radius 3 is 2.21 bits per heavy atom. The van der Waals surface area contributed by atoms with E-state index < -0.39 is 27.3 Å². The Hall–Kier alpha value is -3.27. The van der Waals surface area contributed by atoms with Crippen LogP contribution in [0.15, 0.2) is 60.7 Å². The summed E-state index contributed by atoms with van der Waals surface area (Å²) in [6.45, 7) is 0. The van der Waals surface area contributed by atoms with Crippen LogP contribution in [-0.2, 0) is 14.9 Å². The number of hydrogen-bond donors (Lipinski definition) is 0. The smallest absolute Gasteiger partial charge is 0.465 e. The molecule has 0 atom stereocenters. The topological polar surface area (TPSA) is 78.9 Å². The molecule has 0 aromatic heterocycles. The molecule has 0 aliphatic carbocycles.